The fourth-order valence-electron chi connectivity index (χ4n) is 3.50. The van der Waals surface area contributed by atoms with Crippen LogP contribution >= 0.6 is 0 Å². The molecule has 3 aromatic rings. The molecule has 6 nitrogen and oxygen atoms in total. The van der Waals surface area contributed by atoms with Crippen molar-refractivity contribution in [3.63, 3.8) is 0 Å². The molecule has 1 amide bonds. The van der Waals surface area contributed by atoms with E-state index >= 15 is 0 Å². The van der Waals surface area contributed by atoms with E-state index in [1.165, 1.54) is 12.8 Å². The number of aryl methyl sites for hydroxylation is 2. The molecule has 2 aromatic carbocycles. The van der Waals surface area contributed by atoms with Crippen molar-refractivity contribution in [3.05, 3.63) is 60.6 Å². The number of benzene rings is 2. The Hall–Kier alpha value is -3.28. The number of fused-ring (bicyclic) bond motifs is 1. The molecule has 6 heteroatoms. The molecule has 0 fully saturated rings. The van der Waals surface area contributed by atoms with Gasteiger partial charge in [-0.15, -0.1) is 0 Å². The van der Waals surface area contributed by atoms with Gasteiger partial charge in [0.15, 0.2) is 6.10 Å². The maximum atomic E-state index is 12.7. The predicted octanol–water partition coefficient (Wildman–Crippen LogP) is 4.30. The van der Waals surface area contributed by atoms with E-state index in [2.05, 4.69) is 16.1 Å². The zero-order chi connectivity index (χ0) is 20.2. The van der Waals surface area contributed by atoms with Crippen LogP contribution in [0.15, 0.2) is 54.7 Å². The predicted molar refractivity (Wildman–Crippen MR) is 112 cm³/mol. The second-order valence-corrected chi connectivity index (χ2v) is 7.16. The first-order valence-electron chi connectivity index (χ1n) is 9.91. The molecule has 1 aliphatic heterocycles. The van der Waals surface area contributed by atoms with Gasteiger partial charge in [-0.2, -0.15) is 0 Å². The average molecular weight is 391 g/mol. The third-order valence-corrected chi connectivity index (χ3v) is 5.11. The molecule has 1 atom stereocenters. The Morgan fingerprint density at radius 3 is 2.62 bits per heavy atom. The van der Waals surface area contributed by atoms with Crippen molar-refractivity contribution in [1.82, 2.24) is 9.55 Å². The molecule has 0 saturated carbocycles. The molecule has 0 radical (unpaired) electrons. The number of nitrogens with zero attached hydrogens (tertiary/aromatic N) is 2. The summed E-state index contributed by atoms with van der Waals surface area (Å²) in [5, 5.41) is 2.99. The van der Waals surface area contributed by atoms with Crippen molar-refractivity contribution in [2.24, 2.45) is 0 Å². The summed E-state index contributed by atoms with van der Waals surface area (Å²) in [5.74, 6) is 2.26. The molecule has 0 bridgehead atoms. The number of hydrogen-bond acceptors (Lipinski definition) is 4. The lowest BCUT2D eigenvalue weighted by Gasteiger charge is -2.16. The maximum Gasteiger partial charge on any atom is 0.265 e. The highest BCUT2D eigenvalue weighted by Crippen LogP contribution is 2.29. The van der Waals surface area contributed by atoms with E-state index in [0.717, 1.165) is 41.5 Å². The van der Waals surface area contributed by atoms with E-state index in [-0.39, 0.29) is 5.91 Å². The van der Waals surface area contributed by atoms with Gasteiger partial charge in [0.1, 0.15) is 17.3 Å². The van der Waals surface area contributed by atoms with E-state index < -0.39 is 6.10 Å². The van der Waals surface area contributed by atoms with Gasteiger partial charge in [-0.3, -0.25) is 4.79 Å². The van der Waals surface area contributed by atoms with Crippen molar-refractivity contribution in [2.75, 3.05) is 12.4 Å². The Balaban J connectivity index is 1.48. The van der Waals surface area contributed by atoms with Crippen LogP contribution in [0.5, 0.6) is 11.5 Å². The number of carbonyl (C=O) groups is 1. The summed E-state index contributed by atoms with van der Waals surface area (Å²) in [4.78, 5) is 17.5. The van der Waals surface area contributed by atoms with Gasteiger partial charge in [-0.25, -0.2) is 4.98 Å². The molecule has 150 valence electrons. The molecule has 0 spiro atoms. The summed E-state index contributed by atoms with van der Waals surface area (Å²) >= 11 is 0. The van der Waals surface area contributed by atoms with Crippen molar-refractivity contribution >= 4 is 11.6 Å². The van der Waals surface area contributed by atoms with Gasteiger partial charge in [0.05, 0.1) is 18.5 Å². The van der Waals surface area contributed by atoms with Gasteiger partial charge in [0.2, 0.25) is 0 Å². The second kappa shape index (κ2) is 8.39. The fraction of sp³-hybridized carbons (Fsp3) is 0.304. The van der Waals surface area contributed by atoms with E-state index in [9.17, 15) is 4.79 Å². The lowest BCUT2D eigenvalue weighted by molar-refractivity contribution is -0.122. The maximum absolute atomic E-state index is 12.7. The van der Waals surface area contributed by atoms with Crippen LogP contribution in [-0.4, -0.2) is 28.7 Å². The third-order valence-electron chi connectivity index (χ3n) is 5.11. The number of anilines is 1. The number of imidazole rings is 1. The summed E-state index contributed by atoms with van der Waals surface area (Å²) in [7, 11) is 1.61. The third kappa shape index (κ3) is 4.26. The smallest absolute Gasteiger partial charge is 0.265 e. The van der Waals surface area contributed by atoms with Crippen LogP contribution in [0.4, 0.5) is 5.69 Å². The molecule has 0 saturated heterocycles. The number of rotatable bonds is 6. The van der Waals surface area contributed by atoms with Crippen LogP contribution < -0.4 is 14.8 Å². The molecule has 0 aliphatic carbocycles. The van der Waals surface area contributed by atoms with Crippen LogP contribution in [0.25, 0.3) is 11.3 Å². The van der Waals surface area contributed by atoms with Gasteiger partial charge in [-0.1, -0.05) is 18.2 Å². The minimum Gasteiger partial charge on any atom is -0.497 e. The molecule has 1 N–H and O–H groups in total. The minimum atomic E-state index is -0.647. The van der Waals surface area contributed by atoms with E-state index in [1.807, 2.05) is 24.3 Å². The van der Waals surface area contributed by atoms with Crippen LogP contribution in [0.2, 0.25) is 0 Å². The Morgan fingerprint density at radius 2 is 1.86 bits per heavy atom. The number of ether oxygens (including phenoxy) is 2. The van der Waals surface area contributed by atoms with Gasteiger partial charge < -0.3 is 19.4 Å². The monoisotopic (exact) mass is 391 g/mol. The topological polar surface area (TPSA) is 65.4 Å². The number of nitrogens with one attached hydrogen (secondary N) is 1. The molecular weight excluding hydrogens is 366 g/mol. The van der Waals surface area contributed by atoms with Gasteiger partial charge in [0, 0.05) is 24.7 Å². The van der Waals surface area contributed by atoms with Crippen molar-refractivity contribution < 1.29 is 14.3 Å². The summed E-state index contributed by atoms with van der Waals surface area (Å²) in [6.45, 7) is 2.74. The molecule has 1 aliphatic rings. The van der Waals surface area contributed by atoms with Crippen molar-refractivity contribution in [2.45, 2.75) is 38.8 Å². The summed E-state index contributed by atoms with van der Waals surface area (Å²) < 4.78 is 13.1. The first-order chi connectivity index (χ1) is 14.1. The normalized spacial score (nSPS) is 14.0. The van der Waals surface area contributed by atoms with Crippen LogP contribution in [0.1, 0.15) is 25.6 Å². The first kappa shape index (κ1) is 19.1. The average Bonchev–Trinajstić information content (AvgIpc) is 3.18. The van der Waals surface area contributed by atoms with Crippen LogP contribution in [0.3, 0.4) is 0 Å². The highest BCUT2D eigenvalue weighted by atomic mass is 16.5. The van der Waals surface area contributed by atoms with Crippen molar-refractivity contribution in [1.29, 1.82) is 0 Å². The Morgan fingerprint density at radius 1 is 1.10 bits per heavy atom. The standard InChI is InChI=1S/C23H25N3O3/c1-16(29-18-12-10-17(28-2)11-13-18)23(27)25-20-8-4-3-7-19(20)21-15-26-14-6-5-9-22(26)24-21/h3-4,7-8,10-13,15-16H,5-6,9,14H2,1-2H3,(H,25,27). The number of carbonyl (C=O) groups excluding carboxylic acids is 1. The summed E-state index contributed by atoms with van der Waals surface area (Å²) in [6.07, 6.45) is 4.79. The summed E-state index contributed by atoms with van der Waals surface area (Å²) in [6, 6.07) is 14.9. The number of hydrogen-bond donors (Lipinski definition) is 1. The zero-order valence-corrected chi connectivity index (χ0v) is 16.7. The van der Waals surface area contributed by atoms with Crippen molar-refractivity contribution in [3.8, 4) is 22.8 Å². The Kier molecular flexibility index (Phi) is 5.51. The number of amides is 1. The van der Waals surface area contributed by atoms with Gasteiger partial charge in [0.25, 0.3) is 5.91 Å². The van der Waals surface area contributed by atoms with E-state index in [1.54, 1.807) is 38.3 Å². The molecular formula is C23H25N3O3. The molecule has 4 rings (SSSR count). The quantitative estimate of drug-likeness (QED) is 0.680. The lowest BCUT2D eigenvalue weighted by Crippen LogP contribution is -2.30. The van der Waals surface area contributed by atoms with E-state index in [0.29, 0.717) is 5.75 Å². The highest BCUT2D eigenvalue weighted by molar-refractivity contribution is 5.97. The Labute approximate surface area is 170 Å². The van der Waals surface area contributed by atoms with Crippen LogP contribution in [-0.2, 0) is 17.8 Å². The molecule has 29 heavy (non-hydrogen) atoms. The number of para-hydroxylation sites is 1. The summed E-state index contributed by atoms with van der Waals surface area (Å²) in [5.41, 5.74) is 2.54. The minimum absolute atomic E-state index is 0.211. The number of methoxy groups -OCH3 is 1. The van der Waals surface area contributed by atoms with Crippen LogP contribution in [0, 0.1) is 0 Å². The number of aromatic nitrogens is 2. The second-order valence-electron chi connectivity index (χ2n) is 7.16. The first-order valence-corrected chi connectivity index (χ1v) is 9.91. The zero-order valence-electron chi connectivity index (χ0n) is 16.7. The Bertz CT molecular complexity index is 971. The van der Waals surface area contributed by atoms with Gasteiger partial charge in [-0.05, 0) is 50.1 Å². The fourth-order valence-corrected chi connectivity index (χ4v) is 3.50. The molecule has 2 heterocycles. The largest absolute Gasteiger partial charge is 0.497 e. The van der Waals surface area contributed by atoms with E-state index in [4.69, 9.17) is 14.5 Å². The molecule has 1 unspecified atom stereocenters. The molecule has 1 aromatic heterocycles. The SMILES string of the molecule is COc1ccc(OC(C)C(=O)Nc2ccccc2-c2cn3c(n2)CCCC3)cc1. The van der Waals surface area contributed by atoms with Gasteiger partial charge >= 0.3 is 0 Å². The highest BCUT2D eigenvalue weighted by Gasteiger charge is 2.19. The lowest BCUT2D eigenvalue weighted by atomic mass is 10.1.